The third-order valence-electron chi connectivity index (χ3n) is 7.29. The summed E-state index contributed by atoms with van der Waals surface area (Å²) in [5, 5.41) is -0.00447. The van der Waals surface area contributed by atoms with E-state index in [1.807, 2.05) is 4.90 Å². The van der Waals surface area contributed by atoms with Crippen molar-refractivity contribution in [2.75, 3.05) is 39.3 Å². The van der Waals surface area contributed by atoms with Gasteiger partial charge in [-0.3, -0.25) is 4.79 Å². The van der Waals surface area contributed by atoms with Crippen molar-refractivity contribution in [1.82, 2.24) is 23.7 Å². The lowest BCUT2D eigenvalue weighted by molar-refractivity contribution is -0.130. The van der Waals surface area contributed by atoms with Crippen molar-refractivity contribution in [3.05, 3.63) is 47.9 Å². The van der Waals surface area contributed by atoms with Gasteiger partial charge in [0.15, 0.2) is 5.03 Å². The molecule has 0 aliphatic carbocycles. The van der Waals surface area contributed by atoms with Crippen molar-refractivity contribution in [2.45, 2.75) is 76.8 Å². The van der Waals surface area contributed by atoms with Gasteiger partial charge in [-0.15, -0.1) is 0 Å². The number of hydrogen-bond donors (Lipinski definition) is 0. The Morgan fingerprint density at radius 3 is 2.41 bits per heavy atom. The summed E-state index contributed by atoms with van der Waals surface area (Å²) in [5.41, 5.74) is 2.89. The maximum atomic E-state index is 12.9. The second-order valence-electron chi connectivity index (χ2n) is 11.3. The highest BCUT2D eigenvalue weighted by Gasteiger charge is 2.32. The number of imidazole rings is 1. The summed E-state index contributed by atoms with van der Waals surface area (Å²) in [7, 11) is -2.03. The Balaban J connectivity index is 1.46. The van der Waals surface area contributed by atoms with Crippen LogP contribution in [0.15, 0.2) is 41.8 Å². The van der Waals surface area contributed by atoms with Gasteiger partial charge in [-0.1, -0.05) is 52.0 Å². The van der Waals surface area contributed by atoms with E-state index in [9.17, 15) is 13.2 Å². The van der Waals surface area contributed by atoms with Gasteiger partial charge in [0.1, 0.15) is 0 Å². The lowest BCUT2D eigenvalue weighted by Gasteiger charge is -2.29. The maximum Gasteiger partial charge on any atom is 0.262 e. The molecule has 37 heavy (non-hydrogen) atoms. The smallest absolute Gasteiger partial charge is 0.262 e. The largest absolute Gasteiger partial charge is 0.342 e. The normalized spacial score (nSPS) is 16.8. The van der Waals surface area contributed by atoms with E-state index < -0.39 is 10.0 Å². The Bertz CT molecular complexity index is 1120. The van der Waals surface area contributed by atoms with Crippen molar-refractivity contribution >= 4 is 15.9 Å². The molecule has 1 aliphatic heterocycles. The average molecular weight is 532 g/mol. The number of unbranched alkanes of at least 4 members (excludes halogenated alkanes) is 1. The Morgan fingerprint density at radius 1 is 1.11 bits per heavy atom. The predicted molar refractivity (Wildman–Crippen MR) is 148 cm³/mol. The first-order chi connectivity index (χ1) is 17.4. The molecule has 0 spiro atoms. The molecule has 2 aromatic rings. The van der Waals surface area contributed by atoms with Gasteiger partial charge in [0, 0.05) is 38.9 Å². The summed E-state index contributed by atoms with van der Waals surface area (Å²) in [5.74, 6) is -0.128. The molecule has 1 aromatic heterocycles. The van der Waals surface area contributed by atoms with Crippen LogP contribution in [0, 0.1) is 0 Å². The standard InChI is InChI=1S/C28H45N5O3S/c1-7-31(23(2)19-24-11-13-25(14-12-24)28(3,4)5)15-8-9-16-32-17-10-18-33(21-27(32)34)37(35,36)26-20-30(6)22-29-26/h11-14,20,22-23H,7-10,15-19,21H2,1-6H3. The lowest BCUT2D eigenvalue weighted by Crippen LogP contribution is -2.40. The zero-order chi connectivity index (χ0) is 27.2. The second kappa shape index (κ2) is 12.5. The molecule has 1 aromatic carbocycles. The summed E-state index contributed by atoms with van der Waals surface area (Å²) in [4.78, 5) is 21.2. The topological polar surface area (TPSA) is 78.8 Å². The number of carbonyl (C=O) groups is 1. The van der Waals surface area contributed by atoms with Crippen LogP contribution >= 0.6 is 0 Å². The van der Waals surface area contributed by atoms with Crippen LogP contribution in [0.25, 0.3) is 0 Å². The molecule has 8 nitrogen and oxygen atoms in total. The third kappa shape index (κ3) is 7.88. The molecule has 0 radical (unpaired) electrons. The summed E-state index contributed by atoms with van der Waals surface area (Å²) < 4.78 is 28.7. The van der Waals surface area contributed by atoms with E-state index >= 15 is 0 Å². The van der Waals surface area contributed by atoms with Gasteiger partial charge < -0.3 is 14.4 Å². The third-order valence-corrected chi connectivity index (χ3v) is 9.02. The number of sulfonamides is 1. The Morgan fingerprint density at radius 2 is 1.81 bits per heavy atom. The lowest BCUT2D eigenvalue weighted by atomic mass is 9.86. The Kier molecular flexibility index (Phi) is 9.94. The quantitative estimate of drug-likeness (QED) is 0.414. The van der Waals surface area contributed by atoms with E-state index in [1.54, 1.807) is 11.6 Å². The van der Waals surface area contributed by atoms with Crippen molar-refractivity contribution in [2.24, 2.45) is 7.05 Å². The van der Waals surface area contributed by atoms with Crippen LogP contribution in [0.2, 0.25) is 0 Å². The number of amides is 1. The fraction of sp³-hybridized carbons (Fsp3) is 0.643. The zero-order valence-corrected chi connectivity index (χ0v) is 24.3. The molecule has 0 bridgehead atoms. The maximum absolute atomic E-state index is 12.9. The van der Waals surface area contributed by atoms with E-state index in [-0.39, 0.29) is 22.9 Å². The van der Waals surface area contributed by atoms with Gasteiger partial charge in [0.2, 0.25) is 5.91 Å². The molecule has 1 unspecified atom stereocenters. The van der Waals surface area contributed by atoms with Crippen LogP contribution < -0.4 is 0 Å². The van der Waals surface area contributed by atoms with Crippen LogP contribution in [-0.4, -0.2) is 83.3 Å². The molecular formula is C28H45N5O3S. The highest BCUT2D eigenvalue weighted by atomic mass is 32.2. The number of rotatable bonds is 11. The van der Waals surface area contributed by atoms with Gasteiger partial charge in [0.05, 0.1) is 12.9 Å². The number of nitrogens with zero attached hydrogens (tertiary/aromatic N) is 5. The highest BCUT2D eigenvalue weighted by Crippen LogP contribution is 2.23. The Hall–Kier alpha value is -2.23. The molecule has 0 saturated carbocycles. The van der Waals surface area contributed by atoms with E-state index in [1.165, 1.54) is 28.0 Å². The van der Waals surface area contributed by atoms with Gasteiger partial charge in [-0.2, -0.15) is 4.31 Å². The number of likely N-dealkylation sites (N-methyl/N-ethyl adjacent to an activating group) is 1. The summed E-state index contributed by atoms with van der Waals surface area (Å²) in [6.45, 7) is 14.6. The van der Waals surface area contributed by atoms with Crippen molar-refractivity contribution in [3.63, 3.8) is 0 Å². The molecular weight excluding hydrogens is 486 g/mol. The number of benzene rings is 1. The molecule has 1 fully saturated rings. The van der Waals surface area contributed by atoms with Crippen LogP contribution in [0.5, 0.6) is 0 Å². The SMILES string of the molecule is CCN(CCCCN1CCCN(S(=O)(=O)c2cn(C)cn2)CC1=O)C(C)Cc1ccc(C(C)(C)C)cc1. The van der Waals surface area contributed by atoms with Crippen LogP contribution in [0.1, 0.15) is 65.0 Å². The highest BCUT2D eigenvalue weighted by molar-refractivity contribution is 7.89. The first kappa shape index (κ1) is 29.3. The molecule has 9 heteroatoms. The fourth-order valence-electron chi connectivity index (χ4n) is 4.91. The molecule has 0 N–H and O–H groups in total. The minimum absolute atomic E-state index is 0.00447. The van der Waals surface area contributed by atoms with Crippen molar-refractivity contribution in [3.8, 4) is 0 Å². The molecule has 1 aliphatic rings. The predicted octanol–water partition coefficient (Wildman–Crippen LogP) is 3.67. The molecule has 1 saturated heterocycles. The average Bonchev–Trinajstić information content (AvgIpc) is 3.19. The van der Waals surface area contributed by atoms with E-state index in [4.69, 9.17) is 0 Å². The summed E-state index contributed by atoms with van der Waals surface area (Å²) in [6, 6.07) is 9.45. The van der Waals surface area contributed by atoms with Crippen molar-refractivity contribution in [1.29, 1.82) is 0 Å². The van der Waals surface area contributed by atoms with Gasteiger partial charge in [-0.05, 0) is 62.2 Å². The number of aryl methyl sites for hydroxylation is 1. The summed E-state index contributed by atoms with van der Waals surface area (Å²) >= 11 is 0. The van der Waals surface area contributed by atoms with Crippen LogP contribution in [-0.2, 0) is 33.7 Å². The Labute approximate surface area is 223 Å². The number of hydrogen-bond acceptors (Lipinski definition) is 5. The van der Waals surface area contributed by atoms with Gasteiger partial charge in [0.25, 0.3) is 10.0 Å². The van der Waals surface area contributed by atoms with Crippen molar-refractivity contribution < 1.29 is 13.2 Å². The van der Waals surface area contributed by atoms with E-state index in [2.05, 4.69) is 68.8 Å². The van der Waals surface area contributed by atoms with Crippen LogP contribution in [0.4, 0.5) is 0 Å². The molecule has 1 amide bonds. The molecule has 1 atom stereocenters. The first-order valence-corrected chi connectivity index (χ1v) is 14.9. The van der Waals surface area contributed by atoms with Gasteiger partial charge >= 0.3 is 0 Å². The zero-order valence-electron chi connectivity index (χ0n) is 23.5. The minimum Gasteiger partial charge on any atom is -0.342 e. The number of aromatic nitrogens is 2. The summed E-state index contributed by atoms with van der Waals surface area (Å²) in [6.07, 6.45) is 6.49. The fourth-order valence-corrected chi connectivity index (χ4v) is 6.30. The minimum atomic E-state index is -3.76. The second-order valence-corrected chi connectivity index (χ2v) is 13.2. The van der Waals surface area contributed by atoms with Crippen LogP contribution in [0.3, 0.4) is 0 Å². The first-order valence-electron chi connectivity index (χ1n) is 13.5. The van der Waals surface area contributed by atoms with E-state index in [0.717, 1.165) is 32.4 Å². The monoisotopic (exact) mass is 531 g/mol. The van der Waals surface area contributed by atoms with Gasteiger partial charge in [-0.25, -0.2) is 13.4 Å². The molecule has 3 rings (SSSR count). The van der Waals surface area contributed by atoms with E-state index in [0.29, 0.717) is 32.1 Å². The number of carbonyl (C=O) groups excluding carboxylic acids is 1. The molecule has 2 heterocycles. The molecule has 206 valence electrons.